The zero-order chi connectivity index (χ0) is 21.3. The number of piperidine rings is 2. The average Bonchev–Trinajstić information content (AvgIpc) is 2.70. The van der Waals surface area contributed by atoms with E-state index in [1.165, 1.54) is 6.07 Å². The molecule has 4 rings (SSSR count). The van der Waals surface area contributed by atoms with Crippen molar-refractivity contribution in [2.45, 2.75) is 37.3 Å². The van der Waals surface area contributed by atoms with Crippen LogP contribution in [0.15, 0.2) is 18.2 Å². The summed E-state index contributed by atoms with van der Waals surface area (Å²) in [6.45, 7) is 2.13. The van der Waals surface area contributed by atoms with Gasteiger partial charge in [0, 0.05) is 38.3 Å². The van der Waals surface area contributed by atoms with Crippen LogP contribution in [0, 0.1) is 5.82 Å². The Morgan fingerprint density at radius 2 is 1.87 bits per heavy atom. The first-order chi connectivity index (χ1) is 14.3. The maximum atomic E-state index is 14.7. The van der Waals surface area contributed by atoms with Crippen LogP contribution in [0.2, 0.25) is 0 Å². The van der Waals surface area contributed by atoms with E-state index in [0.717, 1.165) is 0 Å². The van der Waals surface area contributed by atoms with Crippen LogP contribution in [0.4, 0.5) is 24.5 Å². The summed E-state index contributed by atoms with van der Waals surface area (Å²) in [5.74, 6) is -3.91. The summed E-state index contributed by atoms with van der Waals surface area (Å²) in [6.07, 6.45) is 1.00. The number of hydrogen-bond acceptors (Lipinski definition) is 6. The van der Waals surface area contributed by atoms with E-state index in [2.05, 4.69) is 16.0 Å². The van der Waals surface area contributed by atoms with Crippen molar-refractivity contribution in [3.05, 3.63) is 24.0 Å². The predicted octanol–water partition coefficient (Wildman–Crippen LogP) is 1.16. The Labute approximate surface area is 173 Å². The van der Waals surface area contributed by atoms with Gasteiger partial charge in [-0.05, 0) is 37.6 Å². The lowest BCUT2D eigenvalue weighted by Crippen LogP contribution is -2.61. The second-order valence-electron chi connectivity index (χ2n) is 8.08. The molecule has 0 spiro atoms. The van der Waals surface area contributed by atoms with Gasteiger partial charge in [-0.15, -0.1) is 0 Å². The van der Waals surface area contributed by atoms with Crippen LogP contribution in [-0.4, -0.2) is 74.0 Å². The van der Waals surface area contributed by atoms with Gasteiger partial charge in [-0.2, -0.15) is 0 Å². The van der Waals surface area contributed by atoms with Crippen molar-refractivity contribution in [2.75, 3.05) is 49.5 Å². The lowest BCUT2D eigenvalue weighted by molar-refractivity contribution is -0.133. The van der Waals surface area contributed by atoms with E-state index >= 15 is 0 Å². The molecule has 0 radical (unpaired) electrons. The van der Waals surface area contributed by atoms with Crippen molar-refractivity contribution < 1.29 is 22.8 Å². The molecule has 1 aromatic rings. The molecule has 3 heterocycles. The molecular weight excluding hydrogens is 399 g/mol. The molecule has 3 fully saturated rings. The third kappa shape index (κ3) is 4.39. The first kappa shape index (κ1) is 20.9. The van der Waals surface area contributed by atoms with E-state index in [1.54, 1.807) is 12.1 Å². The molecule has 0 aromatic heterocycles. The number of halogens is 3. The lowest BCUT2D eigenvalue weighted by Gasteiger charge is -2.44. The van der Waals surface area contributed by atoms with Crippen LogP contribution in [0.3, 0.4) is 0 Å². The van der Waals surface area contributed by atoms with Crippen LogP contribution in [0.1, 0.15) is 19.3 Å². The van der Waals surface area contributed by atoms with Gasteiger partial charge in [-0.25, -0.2) is 13.2 Å². The normalized spacial score (nSPS) is 27.6. The molecule has 2 atom stereocenters. The number of amides is 2. The Kier molecular flexibility index (Phi) is 5.88. The molecule has 0 saturated carbocycles. The van der Waals surface area contributed by atoms with Crippen LogP contribution < -0.4 is 20.9 Å². The molecule has 10 heteroatoms. The Hall–Kier alpha value is -2.33. The SMILES string of the molecule is O=C1CCC(Nc2ccc(N3CCN(C4CCNCC4(F)F)CC3)c(F)c2)C(=O)N1. The first-order valence-electron chi connectivity index (χ1n) is 10.3. The number of imide groups is 1. The number of piperazine rings is 1. The van der Waals surface area contributed by atoms with E-state index < -0.39 is 29.7 Å². The molecule has 2 unspecified atom stereocenters. The van der Waals surface area contributed by atoms with Gasteiger partial charge < -0.3 is 15.5 Å². The molecular formula is C20H26F3N5O2. The fourth-order valence-electron chi connectivity index (χ4n) is 4.43. The molecule has 2 amide bonds. The smallest absolute Gasteiger partial charge is 0.275 e. The number of benzene rings is 1. The molecule has 0 aliphatic carbocycles. The van der Waals surface area contributed by atoms with Gasteiger partial charge in [0.15, 0.2) is 0 Å². The Morgan fingerprint density at radius 1 is 1.10 bits per heavy atom. The minimum absolute atomic E-state index is 0.240. The fourth-order valence-corrected chi connectivity index (χ4v) is 4.43. The molecule has 0 bridgehead atoms. The number of anilines is 2. The minimum atomic E-state index is -2.75. The largest absolute Gasteiger partial charge is 0.374 e. The highest BCUT2D eigenvalue weighted by Crippen LogP contribution is 2.30. The van der Waals surface area contributed by atoms with Crippen molar-refractivity contribution in [1.29, 1.82) is 0 Å². The third-order valence-corrected chi connectivity index (χ3v) is 6.07. The van der Waals surface area contributed by atoms with E-state index in [-0.39, 0.29) is 18.9 Å². The summed E-state index contributed by atoms with van der Waals surface area (Å²) in [5.41, 5.74) is 0.874. The molecule has 1 aromatic carbocycles. The van der Waals surface area contributed by atoms with E-state index in [1.807, 2.05) is 9.80 Å². The second-order valence-corrected chi connectivity index (χ2v) is 8.08. The average molecular weight is 425 g/mol. The summed E-state index contributed by atoms with van der Waals surface area (Å²) >= 11 is 0. The number of hydrogen-bond donors (Lipinski definition) is 3. The highest BCUT2D eigenvalue weighted by atomic mass is 19.3. The van der Waals surface area contributed by atoms with Crippen molar-refractivity contribution >= 4 is 23.2 Å². The van der Waals surface area contributed by atoms with E-state index in [4.69, 9.17) is 0 Å². The van der Waals surface area contributed by atoms with Gasteiger partial charge in [-0.3, -0.25) is 19.8 Å². The van der Waals surface area contributed by atoms with Crippen LogP contribution >= 0.6 is 0 Å². The maximum absolute atomic E-state index is 14.7. The predicted molar refractivity (Wildman–Crippen MR) is 106 cm³/mol. The quantitative estimate of drug-likeness (QED) is 0.629. The van der Waals surface area contributed by atoms with Crippen LogP contribution in [0.5, 0.6) is 0 Å². The number of alkyl halides is 2. The summed E-state index contributed by atoms with van der Waals surface area (Å²) in [6, 6.07) is 3.30. The molecule has 164 valence electrons. The van der Waals surface area contributed by atoms with E-state index in [9.17, 15) is 22.8 Å². The van der Waals surface area contributed by atoms with Crippen molar-refractivity contribution in [2.24, 2.45) is 0 Å². The molecule has 7 nitrogen and oxygen atoms in total. The highest BCUT2D eigenvalue weighted by Gasteiger charge is 2.45. The molecule has 3 N–H and O–H groups in total. The number of carbonyl (C=O) groups is 2. The lowest BCUT2D eigenvalue weighted by atomic mass is 9.99. The van der Waals surface area contributed by atoms with Crippen LogP contribution in [-0.2, 0) is 9.59 Å². The second kappa shape index (κ2) is 8.43. The van der Waals surface area contributed by atoms with Gasteiger partial charge in [0.05, 0.1) is 18.3 Å². The first-order valence-corrected chi connectivity index (χ1v) is 10.3. The van der Waals surface area contributed by atoms with Gasteiger partial charge in [-0.1, -0.05) is 0 Å². The molecule has 30 heavy (non-hydrogen) atoms. The summed E-state index contributed by atoms with van der Waals surface area (Å²) < 4.78 is 43.1. The van der Waals surface area contributed by atoms with Crippen LogP contribution in [0.25, 0.3) is 0 Å². The topological polar surface area (TPSA) is 76.7 Å². The summed E-state index contributed by atoms with van der Waals surface area (Å²) in [5, 5.41) is 7.96. The Balaban J connectivity index is 1.36. The summed E-state index contributed by atoms with van der Waals surface area (Å²) in [7, 11) is 0. The van der Waals surface area contributed by atoms with Gasteiger partial charge in [0.2, 0.25) is 11.8 Å². The molecule has 3 aliphatic rings. The number of rotatable bonds is 4. The standard InChI is InChI=1S/C20H26F3N5O2/c21-14-11-13(25-15-2-4-18(29)26-19(15)30)1-3-16(14)27-7-9-28(10-8-27)17-5-6-24-12-20(17,22)23/h1,3,11,15,17,24-25H,2,4-10,12H2,(H,26,29,30). The van der Waals surface area contributed by atoms with E-state index in [0.29, 0.717) is 56.9 Å². The summed E-state index contributed by atoms with van der Waals surface area (Å²) in [4.78, 5) is 26.8. The van der Waals surface area contributed by atoms with Crippen molar-refractivity contribution in [1.82, 2.24) is 15.5 Å². The van der Waals surface area contributed by atoms with Crippen molar-refractivity contribution in [3.63, 3.8) is 0 Å². The van der Waals surface area contributed by atoms with Gasteiger partial charge in [0.1, 0.15) is 11.9 Å². The monoisotopic (exact) mass is 425 g/mol. The highest BCUT2D eigenvalue weighted by molar-refractivity contribution is 6.01. The zero-order valence-electron chi connectivity index (χ0n) is 16.6. The van der Waals surface area contributed by atoms with Gasteiger partial charge >= 0.3 is 0 Å². The third-order valence-electron chi connectivity index (χ3n) is 6.07. The van der Waals surface area contributed by atoms with Crippen molar-refractivity contribution in [3.8, 4) is 0 Å². The molecule has 3 aliphatic heterocycles. The number of nitrogens with zero attached hydrogens (tertiary/aromatic N) is 2. The number of carbonyl (C=O) groups excluding carboxylic acids is 2. The van der Waals surface area contributed by atoms with Gasteiger partial charge in [0.25, 0.3) is 5.92 Å². The minimum Gasteiger partial charge on any atom is -0.374 e. The fraction of sp³-hybridized carbons (Fsp3) is 0.600. The maximum Gasteiger partial charge on any atom is 0.275 e. The molecule has 3 saturated heterocycles. The number of nitrogens with one attached hydrogen (secondary N) is 3. The zero-order valence-corrected chi connectivity index (χ0v) is 16.6. The Bertz CT molecular complexity index is 814. The Morgan fingerprint density at radius 3 is 2.53 bits per heavy atom.